The summed E-state index contributed by atoms with van der Waals surface area (Å²) in [5, 5.41) is 16.5. The molecule has 0 aliphatic heterocycles. The van der Waals surface area contributed by atoms with Crippen molar-refractivity contribution < 1.29 is 14.2 Å². The van der Waals surface area contributed by atoms with Gasteiger partial charge in [0, 0.05) is 12.7 Å². The highest BCUT2D eigenvalue weighted by atomic mass is 19.1. The van der Waals surface area contributed by atoms with Crippen molar-refractivity contribution in [1.82, 2.24) is 15.0 Å². The Labute approximate surface area is 104 Å². The lowest BCUT2D eigenvalue weighted by Crippen LogP contribution is -1.99. The largest absolute Gasteiger partial charge is 0.497 e. The van der Waals surface area contributed by atoms with Crippen molar-refractivity contribution in [3.63, 3.8) is 0 Å². The van der Waals surface area contributed by atoms with Crippen LogP contribution in [-0.2, 0) is 6.42 Å². The first-order chi connectivity index (χ1) is 8.74. The summed E-state index contributed by atoms with van der Waals surface area (Å²) in [4.78, 5) is 0. The summed E-state index contributed by atoms with van der Waals surface area (Å²) < 4.78 is 20.1. The fraction of sp³-hybridized carbons (Fsp3) is 0.333. The van der Waals surface area contributed by atoms with Crippen LogP contribution in [0, 0.1) is 5.82 Å². The summed E-state index contributed by atoms with van der Waals surface area (Å²) in [6, 6.07) is 4.42. The van der Waals surface area contributed by atoms with Gasteiger partial charge < -0.3 is 9.84 Å². The molecule has 1 N–H and O–H groups in total. The molecule has 0 atom stereocenters. The molecule has 96 valence electrons. The van der Waals surface area contributed by atoms with Gasteiger partial charge in [-0.3, -0.25) is 0 Å². The van der Waals surface area contributed by atoms with E-state index in [2.05, 4.69) is 10.3 Å². The van der Waals surface area contributed by atoms with Crippen LogP contribution >= 0.6 is 0 Å². The Balaban J connectivity index is 2.27. The van der Waals surface area contributed by atoms with E-state index in [1.54, 1.807) is 18.3 Å². The van der Waals surface area contributed by atoms with Crippen LogP contribution in [0.3, 0.4) is 0 Å². The molecule has 0 aliphatic rings. The van der Waals surface area contributed by atoms with E-state index in [1.165, 1.54) is 17.9 Å². The maximum atomic E-state index is 13.7. The molecule has 2 aromatic rings. The summed E-state index contributed by atoms with van der Waals surface area (Å²) in [5.41, 5.74) is 1.00. The molecule has 1 aromatic carbocycles. The van der Waals surface area contributed by atoms with Crippen molar-refractivity contribution in [1.29, 1.82) is 0 Å². The molecule has 5 nitrogen and oxygen atoms in total. The van der Waals surface area contributed by atoms with Gasteiger partial charge in [0.1, 0.15) is 17.3 Å². The Morgan fingerprint density at radius 2 is 2.28 bits per heavy atom. The van der Waals surface area contributed by atoms with Gasteiger partial charge in [0.25, 0.3) is 0 Å². The average molecular weight is 251 g/mol. The number of methoxy groups -OCH3 is 1. The third-order valence-electron chi connectivity index (χ3n) is 2.53. The molecule has 18 heavy (non-hydrogen) atoms. The van der Waals surface area contributed by atoms with Gasteiger partial charge in [-0.25, -0.2) is 9.07 Å². The highest BCUT2D eigenvalue weighted by Crippen LogP contribution is 2.19. The summed E-state index contributed by atoms with van der Waals surface area (Å²) in [7, 11) is 1.52. The van der Waals surface area contributed by atoms with E-state index in [-0.39, 0.29) is 12.3 Å². The molecule has 0 saturated carbocycles. The van der Waals surface area contributed by atoms with Crippen molar-refractivity contribution in [2.24, 2.45) is 0 Å². The van der Waals surface area contributed by atoms with Crippen LogP contribution < -0.4 is 4.74 Å². The van der Waals surface area contributed by atoms with Gasteiger partial charge in [0.2, 0.25) is 0 Å². The zero-order valence-electron chi connectivity index (χ0n) is 10.0. The second-order valence-electron chi connectivity index (χ2n) is 3.80. The van der Waals surface area contributed by atoms with E-state index in [4.69, 9.17) is 9.84 Å². The minimum atomic E-state index is -0.394. The second kappa shape index (κ2) is 5.59. The molecule has 0 saturated heterocycles. The summed E-state index contributed by atoms with van der Waals surface area (Å²) in [6.45, 7) is 0.0976. The number of aliphatic hydroxyl groups excluding tert-OH is 1. The molecule has 0 aliphatic carbocycles. The van der Waals surface area contributed by atoms with Crippen LogP contribution in [0.15, 0.2) is 24.4 Å². The van der Waals surface area contributed by atoms with E-state index in [9.17, 15) is 4.39 Å². The van der Waals surface area contributed by atoms with E-state index in [0.717, 1.165) is 0 Å². The Bertz CT molecular complexity index is 528. The number of rotatable bonds is 5. The van der Waals surface area contributed by atoms with Gasteiger partial charge in [-0.05, 0) is 25.0 Å². The molecule has 0 fully saturated rings. The number of benzene rings is 1. The van der Waals surface area contributed by atoms with E-state index >= 15 is 0 Å². The number of aryl methyl sites for hydroxylation is 1. The number of hydrogen-bond acceptors (Lipinski definition) is 4. The maximum Gasteiger partial charge on any atom is 0.149 e. The maximum absolute atomic E-state index is 13.7. The Morgan fingerprint density at radius 3 is 3.00 bits per heavy atom. The number of halogens is 1. The predicted octanol–water partition coefficient (Wildman–Crippen LogP) is 1.34. The molecule has 0 spiro atoms. The first-order valence-electron chi connectivity index (χ1n) is 5.60. The number of nitrogens with zero attached hydrogens (tertiary/aromatic N) is 3. The number of aliphatic hydroxyl groups is 1. The molecule has 0 unspecified atom stereocenters. The van der Waals surface area contributed by atoms with Gasteiger partial charge in [-0.2, -0.15) is 0 Å². The van der Waals surface area contributed by atoms with Gasteiger partial charge >= 0.3 is 0 Å². The van der Waals surface area contributed by atoms with Crippen molar-refractivity contribution in [3.8, 4) is 11.4 Å². The van der Waals surface area contributed by atoms with Crippen molar-refractivity contribution in [2.45, 2.75) is 12.8 Å². The standard InChI is InChI=1S/C12H14FN3O2/c1-18-10-4-5-11(13)12(7-10)16-8-9(14-15-16)3-2-6-17/h4-5,7-8,17H,2-3,6H2,1H3. The smallest absolute Gasteiger partial charge is 0.149 e. The number of ether oxygens (including phenoxy) is 1. The quantitative estimate of drug-likeness (QED) is 0.871. The highest BCUT2D eigenvalue weighted by molar-refractivity contribution is 5.40. The van der Waals surface area contributed by atoms with E-state index in [0.29, 0.717) is 24.3 Å². The normalized spacial score (nSPS) is 10.6. The monoisotopic (exact) mass is 251 g/mol. The minimum absolute atomic E-state index is 0.0976. The van der Waals surface area contributed by atoms with Crippen molar-refractivity contribution >= 4 is 0 Å². The van der Waals surface area contributed by atoms with Crippen LogP contribution in [-0.4, -0.2) is 33.8 Å². The van der Waals surface area contributed by atoms with Gasteiger partial charge in [-0.15, -0.1) is 5.10 Å². The van der Waals surface area contributed by atoms with Crippen LogP contribution in [0.1, 0.15) is 12.1 Å². The van der Waals surface area contributed by atoms with Crippen molar-refractivity contribution in [3.05, 3.63) is 35.9 Å². The summed E-state index contributed by atoms with van der Waals surface area (Å²) in [5.74, 6) is 0.160. The lowest BCUT2D eigenvalue weighted by molar-refractivity contribution is 0.288. The van der Waals surface area contributed by atoms with Crippen LogP contribution in [0.5, 0.6) is 5.75 Å². The zero-order chi connectivity index (χ0) is 13.0. The zero-order valence-corrected chi connectivity index (χ0v) is 10.0. The Morgan fingerprint density at radius 1 is 1.44 bits per heavy atom. The molecule has 1 heterocycles. The number of hydrogen-bond donors (Lipinski definition) is 1. The van der Waals surface area contributed by atoms with Gasteiger partial charge in [0.15, 0.2) is 0 Å². The molecule has 0 amide bonds. The molecule has 1 aromatic heterocycles. The molecule has 0 radical (unpaired) electrons. The first kappa shape index (κ1) is 12.5. The SMILES string of the molecule is COc1ccc(F)c(-n2cc(CCCO)nn2)c1. The lowest BCUT2D eigenvalue weighted by atomic mass is 10.2. The lowest BCUT2D eigenvalue weighted by Gasteiger charge is -2.04. The highest BCUT2D eigenvalue weighted by Gasteiger charge is 2.09. The molecular formula is C12H14FN3O2. The first-order valence-corrected chi connectivity index (χ1v) is 5.60. The van der Waals surface area contributed by atoms with E-state index in [1.807, 2.05) is 0 Å². The molecular weight excluding hydrogens is 237 g/mol. The Kier molecular flexibility index (Phi) is 3.88. The number of aromatic nitrogens is 3. The second-order valence-corrected chi connectivity index (χ2v) is 3.80. The van der Waals surface area contributed by atoms with E-state index < -0.39 is 5.82 Å². The third-order valence-corrected chi connectivity index (χ3v) is 2.53. The summed E-state index contributed by atoms with van der Waals surface area (Å²) in [6.07, 6.45) is 2.87. The predicted molar refractivity (Wildman–Crippen MR) is 63.3 cm³/mol. The van der Waals surface area contributed by atoms with Gasteiger partial charge in [0.05, 0.1) is 19.0 Å². The van der Waals surface area contributed by atoms with Crippen molar-refractivity contribution in [2.75, 3.05) is 13.7 Å². The topological polar surface area (TPSA) is 60.2 Å². The van der Waals surface area contributed by atoms with Crippen LogP contribution in [0.2, 0.25) is 0 Å². The molecule has 0 bridgehead atoms. The molecule has 2 rings (SSSR count). The molecule has 6 heteroatoms. The van der Waals surface area contributed by atoms with Gasteiger partial charge in [-0.1, -0.05) is 5.21 Å². The average Bonchev–Trinajstić information content (AvgIpc) is 2.85. The van der Waals surface area contributed by atoms with Crippen LogP contribution in [0.25, 0.3) is 5.69 Å². The third kappa shape index (κ3) is 2.65. The summed E-state index contributed by atoms with van der Waals surface area (Å²) >= 11 is 0. The fourth-order valence-electron chi connectivity index (χ4n) is 1.59. The Hall–Kier alpha value is -1.95. The minimum Gasteiger partial charge on any atom is -0.497 e. The van der Waals surface area contributed by atoms with Crippen LogP contribution in [0.4, 0.5) is 4.39 Å². The fourth-order valence-corrected chi connectivity index (χ4v) is 1.59.